The third kappa shape index (κ3) is 4.42. The van der Waals surface area contributed by atoms with Gasteiger partial charge in [0, 0.05) is 13.5 Å². The summed E-state index contributed by atoms with van der Waals surface area (Å²) in [4.78, 5) is 0. The van der Waals surface area contributed by atoms with E-state index in [2.05, 4.69) is 38.1 Å². The van der Waals surface area contributed by atoms with Gasteiger partial charge in [-0.15, -0.1) is 0 Å². The summed E-state index contributed by atoms with van der Waals surface area (Å²) in [7, 11) is 1.68. The van der Waals surface area contributed by atoms with Crippen molar-refractivity contribution in [3.05, 3.63) is 70.8 Å². The van der Waals surface area contributed by atoms with Gasteiger partial charge in [0.1, 0.15) is 0 Å². The fraction of sp³-hybridized carbons (Fsp3) is 0.368. The SMILES string of the molecule is COCc1ccc(C(O)Cc2ccc(C(C)C)cc2)cc1. The normalized spacial score (nSPS) is 12.6. The van der Waals surface area contributed by atoms with Gasteiger partial charge in [-0.05, 0) is 28.2 Å². The van der Waals surface area contributed by atoms with Gasteiger partial charge in [0.15, 0.2) is 0 Å². The Hall–Kier alpha value is -1.64. The molecule has 0 fully saturated rings. The Morgan fingerprint density at radius 1 is 0.857 bits per heavy atom. The second kappa shape index (κ2) is 7.39. The summed E-state index contributed by atoms with van der Waals surface area (Å²) < 4.78 is 5.09. The maximum atomic E-state index is 10.3. The van der Waals surface area contributed by atoms with Crippen LogP contribution in [0.3, 0.4) is 0 Å². The van der Waals surface area contributed by atoms with E-state index in [9.17, 15) is 5.11 Å². The lowest BCUT2D eigenvalue weighted by molar-refractivity contribution is 0.177. The Kier molecular flexibility index (Phi) is 5.54. The summed E-state index contributed by atoms with van der Waals surface area (Å²) in [6.45, 7) is 4.98. The van der Waals surface area contributed by atoms with E-state index in [0.717, 1.165) is 16.7 Å². The fourth-order valence-corrected chi connectivity index (χ4v) is 2.38. The number of rotatable bonds is 6. The Labute approximate surface area is 127 Å². The molecule has 2 aromatic carbocycles. The van der Waals surface area contributed by atoms with E-state index in [0.29, 0.717) is 18.9 Å². The molecule has 0 bridgehead atoms. The zero-order valence-electron chi connectivity index (χ0n) is 13.0. The summed E-state index contributed by atoms with van der Waals surface area (Å²) in [5.74, 6) is 0.539. The first-order valence-electron chi connectivity index (χ1n) is 7.45. The van der Waals surface area contributed by atoms with Gasteiger partial charge in [-0.1, -0.05) is 62.4 Å². The highest BCUT2D eigenvalue weighted by molar-refractivity contribution is 5.28. The van der Waals surface area contributed by atoms with Crippen molar-refractivity contribution < 1.29 is 9.84 Å². The average molecular weight is 284 g/mol. The third-order valence-corrected chi connectivity index (χ3v) is 3.75. The Bertz CT molecular complexity index is 541. The first-order valence-corrected chi connectivity index (χ1v) is 7.45. The van der Waals surface area contributed by atoms with Crippen molar-refractivity contribution in [1.29, 1.82) is 0 Å². The molecule has 0 spiro atoms. The van der Waals surface area contributed by atoms with E-state index in [1.54, 1.807) is 7.11 Å². The molecule has 0 amide bonds. The number of aliphatic hydroxyl groups is 1. The molecule has 1 N–H and O–H groups in total. The topological polar surface area (TPSA) is 29.5 Å². The van der Waals surface area contributed by atoms with Crippen molar-refractivity contribution in [1.82, 2.24) is 0 Å². The molecule has 0 aliphatic heterocycles. The molecule has 0 radical (unpaired) electrons. The molecule has 2 nitrogen and oxygen atoms in total. The maximum Gasteiger partial charge on any atom is 0.0830 e. The fourth-order valence-electron chi connectivity index (χ4n) is 2.38. The first-order chi connectivity index (χ1) is 10.1. The number of hydrogen-bond donors (Lipinski definition) is 1. The molecule has 2 rings (SSSR count). The maximum absolute atomic E-state index is 10.3. The molecule has 2 aromatic rings. The molecule has 0 aromatic heterocycles. The molecule has 0 aliphatic rings. The van der Waals surface area contributed by atoms with Crippen LogP contribution in [0.25, 0.3) is 0 Å². The summed E-state index contributed by atoms with van der Waals surface area (Å²) in [5, 5.41) is 10.3. The standard InChI is InChI=1S/C19H24O2/c1-14(2)17-8-4-15(5-9-17)12-19(20)18-10-6-16(7-11-18)13-21-3/h4-11,14,19-20H,12-13H2,1-3H3. The first kappa shape index (κ1) is 15.7. The summed E-state index contributed by atoms with van der Waals surface area (Å²) in [6.07, 6.45) is 0.175. The lowest BCUT2D eigenvalue weighted by atomic mass is 9.97. The van der Waals surface area contributed by atoms with Crippen LogP contribution in [-0.2, 0) is 17.8 Å². The Morgan fingerprint density at radius 2 is 1.38 bits per heavy atom. The van der Waals surface area contributed by atoms with Crippen molar-refractivity contribution >= 4 is 0 Å². The van der Waals surface area contributed by atoms with E-state index >= 15 is 0 Å². The zero-order valence-corrected chi connectivity index (χ0v) is 13.0. The number of hydrogen-bond acceptors (Lipinski definition) is 2. The average Bonchev–Trinajstić information content (AvgIpc) is 2.49. The molecule has 1 unspecified atom stereocenters. The van der Waals surface area contributed by atoms with Crippen LogP contribution in [0.2, 0.25) is 0 Å². The van der Waals surface area contributed by atoms with Crippen LogP contribution in [-0.4, -0.2) is 12.2 Å². The molecular formula is C19H24O2. The quantitative estimate of drug-likeness (QED) is 0.860. The van der Waals surface area contributed by atoms with Crippen LogP contribution in [0, 0.1) is 0 Å². The minimum atomic E-state index is -0.466. The molecule has 0 saturated heterocycles. The number of methoxy groups -OCH3 is 1. The molecule has 0 saturated carbocycles. The van der Waals surface area contributed by atoms with Gasteiger partial charge >= 0.3 is 0 Å². The number of ether oxygens (including phenoxy) is 1. The lowest BCUT2D eigenvalue weighted by Gasteiger charge is -2.13. The minimum absolute atomic E-state index is 0.466. The summed E-state index contributed by atoms with van der Waals surface area (Å²) in [6, 6.07) is 16.5. The van der Waals surface area contributed by atoms with Crippen LogP contribution in [0.1, 0.15) is 48.1 Å². The highest BCUT2D eigenvalue weighted by atomic mass is 16.5. The van der Waals surface area contributed by atoms with Gasteiger partial charge in [0.2, 0.25) is 0 Å². The van der Waals surface area contributed by atoms with E-state index in [4.69, 9.17) is 4.74 Å². The van der Waals surface area contributed by atoms with Crippen molar-refractivity contribution in [3.63, 3.8) is 0 Å². The van der Waals surface area contributed by atoms with E-state index in [1.165, 1.54) is 5.56 Å². The Morgan fingerprint density at radius 3 is 1.90 bits per heavy atom. The van der Waals surface area contributed by atoms with Crippen LogP contribution in [0.5, 0.6) is 0 Å². The Balaban J connectivity index is 2.01. The monoisotopic (exact) mass is 284 g/mol. The molecule has 2 heteroatoms. The summed E-state index contributed by atoms with van der Waals surface area (Å²) in [5.41, 5.74) is 4.56. The van der Waals surface area contributed by atoms with E-state index in [1.807, 2.05) is 24.3 Å². The minimum Gasteiger partial charge on any atom is -0.388 e. The van der Waals surface area contributed by atoms with Crippen LogP contribution in [0.4, 0.5) is 0 Å². The van der Waals surface area contributed by atoms with E-state index < -0.39 is 6.10 Å². The number of benzene rings is 2. The van der Waals surface area contributed by atoms with Crippen LogP contribution >= 0.6 is 0 Å². The summed E-state index contributed by atoms with van der Waals surface area (Å²) >= 11 is 0. The number of aliphatic hydroxyl groups excluding tert-OH is 1. The highest BCUT2D eigenvalue weighted by Crippen LogP contribution is 2.21. The van der Waals surface area contributed by atoms with Gasteiger partial charge in [0.25, 0.3) is 0 Å². The largest absolute Gasteiger partial charge is 0.388 e. The van der Waals surface area contributed by atoms with Gasteiger partial charge < -0.3 is 9.84 Å². The van der Waals surface area contributed by atoms with Gasteiger partial charge in [-0.2, -0.15) is 0 Å². The highest BCUT2D eigenvalue weighted by Gasteiger charge is 2.09. The molecule has 21 heavy (non-hydrogen) atoms. The molecule has 0 heterocycles. The van der Waals surface area contributed by atoms with Gasteiger partial charge in [0.05, 0.1) is 12.7 Å². The van der Waals surface area contributed by atoms with Crippen LogP contribution < -0.4 is 0 Å². The van der Waals surface area contributed by atoms with Gasteiger partial charge in [-0.25, -0.2) is 0 Å². The van der Waals surface area contributed by atoms with Crippen molar-refractivity contribution in [2.45, 2.75) is 38.9 Å². The molecule has 1 atom stereocenters. The molecule has 0 aliphatic carbocycles. The van der Waals surface area contributed by atoms with Crippen LogP contribution in [0.15, 0.2) is 48.5 Å². The van der Waals surface area contributed by atoms with Gasteiger partial charge in [-0.3, -0.25) is 0 Å². The van der Waals surface area contributed by atoms with Crippen molar-refractivity contribution in [2.24, 2.45) is 0 Å². The van der Waals surface area contributed by atoms with E-state index in [-0.39, 0.29) is 0 Å². The predicted molar refractivity (Wildman–Crippen MR) is 86.3 cm³/mol. The predicted octanol–water partition coefficient (Wildman–Crippen LogP) is 4.23. The van der Waals surface area contributed by atoms with Crippen molar-refractivity contribution in [3.8, 4) is 0 Å². The second-order valence-corrected chi connectivity index (χ2v) is 5.79. The van der Waals surface area contributed by atoms with Crippen molar-refractivity contribution in [2.75, 3.05) is 7.11 Å². The molecular weight excluding hydrogens is 260 g/mol. The second-order valence-electron chi connectivity index (χ2n) is 5.79. The molecule has 112 valence electrons. The lowest BCUT2D eigenvalue weighted by Crippen LogP contribution is -2.02. The third-order valence-electron chi connectivity index (χ3n) is 3.75. The smallest absolute Gasteiger partial charge is 0.0830 e. The zero-order chi connectivity index (χ0) is 15.2.